The first-order valence-electron chi connectivity index (χ1n) is 11.9. The number of hydrogen-bond donors (Lipinski definition) is 4. The molecule has 0 aliphatic rings. The molecule has 0 spiro atoms. The highest BCUT2D eigenvalue weighted by molar-refractivity contribution is 5.65. The van der Waals surface area contributed by atoms with Crippen LogP contribution in [-0.4, -0.2) is 73.5 Å². The lowest BCUT2D eigenvalue weighted by Gasteiger charge is -2.18. The van der Waals surface area contributed by atoms with E-state index in [-0.39, 0.29) is 25.9 Å². The molecule has 214 valence electrons. The topological polar surface area (TPSA) is 152 Å². The molecule has 0 aliphatic heterocycles. The van der Waals surface area contributed by atoms with Crippen molar-refractivity contribution < 1.29 is 49.3 Å². The lowest BCUT2D eigenvalue weighted by atomic mass is 9.94. The molecule has 10 heteroatoms. The van der Waals surface area contributed by atoms with Crippen LogP contribution in [0.5, 0.6) is 11.5 Å². The smallest absolute Gasteiger partial charge is 0.352 e. The van der Waals surface area contributed by atoms with Crippen molar-refractivity contribution in [2.45, 2.75) is 52.4 Å². The third-order valence-corrected chi connectivity index (χ3v) is 4.46. The fourth-order valence-electron chi connectivity index (χ4n) is 2.86. The molecule has 0 aliphatic carbocycles. The third-order valence-electron chi connectivity index (χ3n) is 4.46. The van der Waals surface area contributed by atoms with Gasteiger partial charge in [0.15, 0.2) is 5.75 Å². The Morgan fingerprint density at radius 3 is 2.22 bits per heavy atom. The van der Waals surface area contributed by atoms with Crippen molar-refractivity contribution in [1.82, 2.24) is 0 Å². The Morgan fingerprint density at radius 1 is 1.08 bits per heavy atom. The summed E-state index contributed by atoms with van der Waals surface area (Å²) in [5, 5.41) is 32.8. The fraction of sp³-hybridized carbons (Fsp3) is 0.556. The number of carbonyl (C=O) groups excluding carboxylic acids is 2. The summed E-state index contributed by atoms with van der Waals surface area (Å²) >= 11 is 0. The molecule has 37 heavy (non-hydrogen) atoms. The van der Waals surface area contributed by atoms with Gasteiger partial charge in [-0.1, -0.05) is 38.8 Å². The molecule has 1 aromatic rings. The first-order chi connectivity index (χ1) is 17.9. The molecular formula is C27H46O10. The second-order valence-corrected chi connectivity index (χ2v) is 7.51. The molecular weight excluding hydrogens is 484 g/mol. The molecule has 0 bridgehead atoms. The van der Waals surface area contributed by atoms with Gasteiger partial charge in [0, 0.05) is 26.5 Å². The summed E-state index contributed by atoms with van der Waals surface area (Å²) < 4.78 is 11.0. The van der Waals surface area contributed by atoms with Gasteiger partial charge in [0.2, 0.25) is 0 Å². The van der Waals surface area contributed by atoms with Crippen LogP contribution in [0.3, 0.4) is 0 Å². The summed E-state index contributed by atoms with van der Waals surface area (Å²) in [5.41, 5.74) is 1.64. The Morgan fingerprint density at radius 2 is 1.70 bits per heavy atom. The molecule has 0 saturated carbocycles. The SMILES string of the molecule is C=C(CO)CCOc1cc(CC(CCCCC)COCO)cc(OOC(C)=O)c1.C=CCO.C=O.CO. The summed E-state index contributed by atoms with van der Waals surface area (Å²) in [6.45, 7) is 12.9. The van der Waals surface area contributed by atoms with Gasteiger partial charge >= 0.3 is 5.97 Å². The second-order valence-electron chi connectivity index (χ2n) is 7.51. The van der Waals surface area contributed by atoms with Gasteiger partial charge in [0.05, 0.1) is 26.4 Å². The van der Waals surface area contributed by atoms with E-state index in [9.17, 15) is 4.79 Å². The molecule has 1 rings (SSSR count). The maximum atomic E-state index is 11.1. The van der Waals surface area contributed by atoms with Crippen LogP contribution in [0.2, 0.25) is 0 Å². The molecule has 4 N–H and O–H groups in total. The monoisotopic (exact) mass is 530 g/mol. The van der Waals surface area contributed by atoms with Crippen molar-refractivity contribution in [2.75, 3.05) is 40.3 Å². The lowest BCUT2D eigenvalue weighted by molar-refractivity contribution is -0.210. The highest BCUT2D eigenvalue weighted by atomic mass is 17.2. The Labute approximate surface area is 221 Å². The van der Waals surface area contributed by atoms with Gasteiger partial charge in [-0.05, 0) is 42.0 Å². The molecule has 0 aromatic heterocycles. The van der Waals surface area contributed by atoms with Crippen LogP contribution in [0.1, 0.15) is 51.5 Å². The van der Waals surface area contributed by atoms with Gasteiger partial charge in [-0.3, -0.25) is 9.78 Å². The van der Waals surface area contributed by atoms with Crippen molar-refractivity contribution in [1.29, 1.82) is 0 Å². The highest BCUT2D eigenvalue weighted by Crippen LogP contribution is 2.27. The molecule has 0 amide bonds. The normalized spacial score (nSPS) is 10.1. The van der Waals surface area contributed by atoms with Crippen LogP contribution in [0.4, 0.5) is 0 Å². The maximum Gasteiger partial charge on any atom is 0.352 e. The summed E-state index contributed by atoms with van der Waals surface area (Å²) in [6.07, 6.45) is 7.03. The highest BCUT2D eigenvalue weighted by Gasteiger charge is 2.13. The minimum atomic E-state index is -0.550. The van der Waals surface area contributed by atoms with Crippen molar-refractivity contribution in [3.8, 4) is 11.5 Å². The van der Waals surface area contributed by atoms with Gasteiger partial charge in [-0.15, -0.1) is 6.58 Å². The molecule has 1 aromatic carbocycles. The van der Waals surface area contributed by atoms with Crippen LogP contribution in [0.25, 0.3) is 0 Å². The largest absolute Gasteiger partial charge is 0.493 e. The zero-order valence-corrected chi connectivity index (χ0v) is 22.5. The predicted molar refractivity (Wildman–Crippen MR) is 142 cm³/mol. The number of benzene rings is 1. The van der Waals surface area contributed by atoms with E-state index in [1.165, 1.54) is 13.0 Å². The van der Waals surface area contributed by atoms with Crippen LogP contribution >= 0.6 is 0 Å². The summed E-state index contributed by atoms with van der Waals surface area (Å²) in [7, 11) is 1.00. The molecule has 0 heterocycles. The number of aliphatic hydroxyl groups is 4. The molecule has 10 nitrogen and oxygen atoms in total. The number of hydrogen-bond acceptors (Lipinski definition) is 10. The molecule has 1 atom stereocenters. The Kier molecular flexibility index (Phi) is 30.9. The Bertz CT molecular complexity index is 694. The lowest BCUT2D eigenvalue weighted by Crippen LogP contribution is -2.14. The van der Waals surface area contributed by atoms with Gasteiger partial charge in [-0.2, -0.15) is 0 Å². The Hall–Kier alpha value is -2.76. The third kappa shape index (κ3) is 24.7. The average Bonchev–Trinajstić information content (AvgIpc) is 2.92. The van der Waals surface area contributed by atoms with E-state index in [2.05, 4.69) is 25.0 Å². The minimum Gasteiger partial charge on any atom is -0.493 e. The number of aliphatic hydroxyl groups excluding tert-OH is 4. The van der Waals surface area contributed by atoms with Crippen molar-refractivity contribution in [2.24, 2.45) is 5.92 Å². The van der Waals surface area contributed by atoms with E-state index in [1.807, 2.05) is 12.9 Å². The zero-order valence-electron chi connectivity index (χ0n) is 22.5. The molecule has 0 radical (unpaired) electrons. The van der Waals surface area contributed by atoms with Crippen LogP contribution < -0.4 is 9.62 Å². The second kappa shape index (κ2) is 29.5. The van der Waals surface area contributed by atoms with Gasteiger partial charge < -0.3 is 34.7 Å². The Balaban J connectivity index is -0.00000128. The summed E-state index contributed by atoms with van der Waals surface area (Å²) in [6, 6.07) is 5.35. The van der Waals surface area contributed by atoms with Gasteiger partial charge in [0.1, 0.15) is 19.3 Å². The number of ether oxygens (including phenoxy) is 2. The fourth-order valence-corrected chi connectivity index (χ4v) is 2.86. The van der Waals surface area contributed by atoms with E-state index in [4.69, 9.17) is 39.6 Å². The molecule has 1 unspecified atom stereocenters. The zero-order chi connectivity index (χ0) is 28.9. The van der Waals surface area contributed by atoms with E-state index in [1.54, 1.807) is 12.1 Å². The number of carbonyl (C=O) groups is 2. The van der Waals surface area contributed by atoms with Crippen molar-refractivity contribution >= 4 is 12.8 Å². The van der Waals surface area contributed by atoms with E-state index >= 15 is 0 Å². The van der Waals surface area contributed by atoms with E-state index in [0.29, 0.717) is 43.1 Å². The van der Waals surface area contributed by atoms with Gasteiger partial charge in [0.25, 0.3) is 0 Å². The van der Waals surface area contributed by atoms with Crippen molar-refractivity contribution in [3.05, 3.63) is 48.6 Å². The number of unbranched alkanes of at least 4 members (excludes halogenated alkanes) is 2. The standard InChI is InChI=1S/C22H34O7.C3H6O.CH4O.CH2O/c1-4-5-6-7-19(15-26-16-24)10-20-11-21(27-9-8-17(2)14-23)13-22(12-20)29-28-18(3)25;1-2-3-4;2*1-2/h11-13,19,23-24H,2,4-10,14-16H2,1,3H3;2,4H,1,3H2;2H,1H3;1H2. The van der Waals surface area contributed by atoms with E-state index in [0.717, 1.165) is 38.4 Å². The predicted octanol–water partition coefficient (Wildman–Crippen LogP) is 3.15. The summed E-state index contributed by atoms with van der Waals surface area (Å²) in [5.74, 6) is 0.625. The van der Waals surface area contributed by atoms with Crippen LogP contribution in [-0.2, 0) is 25.6 Å². The first-order valence-corrected chi connectivity index (χ1v) is 11.9. The van der Waals surface area contributed by atoms with E-state index < -0.39 is 5.97 Å². The van der Waals surface area contributed by atoms with Crippen LogP contribution in [0, 0.1) is 5.92 Å². The minimum absolute atomic E-state index is 0.0749. The number of rotatable bonds is 17. The van der Waals surface area contributed by atoms with Crippen LogP contribution in [0.15, 0.2) is 43.0 Å². The quantitative estimate of drug-likeness (QED) is 0.0777. The molecule has 0 saturated heterocycles. The average molecular weight is 531 g/mol. The first kappa shape index (κ1) is 38.8. The van der Waals surface area contributed by atoms with Gasteiger partial charge in [-0.25, -0.2) is 4.79 Å². The summed E-state index contributed by atoms with van der Waals surface area (Å²) in [4.78, 5) is 28.8. The van der Waals surface area contributed by atoms with Crippen molar-refractivity contribution in [3.63, 3.8) is 0 Å². The molecule has 0 fully saturated rings. The maximum absolute atomic E-state index is 11.1.